The zero-order chi connectivity index (χ0) is 22.7. The smallest absolute Gasteiger partial charge is 0.319 e. The van der Waals surface area contributed by atoms with Crippen molar-refractivity contribution in [2.24, 2.45) is 0 Å². The molecule has 2 amide bonds. The quantitative estimate of drug-likeness (QED) is 0.659. The van der Waals surface area contributed by atoms with Crippen LogP contribution in [0.3, 0.4) is 0 Å². The first-order valence-corrected chi connectivity index (χ1v) is 11.3. The molecule has 3 heterocycles. The summed E-state index contributed by atoms with van der Waals surface area (Å²) >= 11 is 0. The van der Waals surface area contributed by atoms with Crippen LogP contribution in [0, 0.1) is 5.82 Å². The van der Waals surface area contributed by atoms with E-state index in [1.807, 2.05) is 13.8 Å². The highest BCUT2D eigenvalue weighted by atomic mass is 19.1. The molecule has 0 saturated carbocycles. The SMILES string of the molecule is CCC(C)NC(=O)Nc1ccc(-c2nc3c(c(N4CCOC[C@@H]4C)n2)CCNC3)c(F)c1. The third-order valence-corrected chi connectivity index (χ3v) is 6.01. The van der Waals surface area contributed by atoms with Gasteiger partial charge in [-0.15, -0.1) is 0 Å². The van der Waals surface area contributed by atoms with Crippen LogP contribution in [0.15, 0.2) is 18.2 Å². The summed E-state index contributed by atoms with van der Waals surface area (Å²) in [6, 6.07) is 4.48. The summed E-state index contributed by atoms with van der Waals surface area (Å²) in [5, 5.41) is 8.83. The minimum absolute atomic E-state index is 0.0395. The van der Waals surface area contributed by atoms with Gasteiger partial charge in [-0.05, 0) is 51.4 Å². The van der Waals surface area contributed by atoms with Gasteiger partial charge in [0.15, 0.2) is 5.82 Å². The molecule has 0 radical (unpaired) electrons. The van der Waals surface area contributed by atoms with Crippen LogP contribution in [0.2, 0.25) is 0 Å². The molecule has 2 aliphatic rings. The van der Waals surface area contributed by atoms with Gasteiger partial charge >= 0.3 is 6.03 Å². The fourth-order valence-corrected chi connectivity index (χ4v) is 4.01. The van der Waals surface area contributed by atoms with E-state index < -0.39 is 5.82 Å². The largest absolute Gasteiger partial charge is 0.377 e. The lowest BCUT2D eigenvalue weighted by Crippen LogP contribution is -2.45. The molecule has 2 aromatic rings. The van der Waals surface area contributed by atoms with Gasteiger partial charge in [-0.1, -0.05) is 6.92 Å². The number of ether oxygens (including phenoxy) is 1. The predicted molar refractivity (Wildman–Crippen MR) is 122 cm³/mol. The van der Waals surface area contributed by atoms with Crippen LogP contribution in [0.1, 0.15) is 38.4 Å². The van der Waals surface area contributed by atoms with Crippen LogP contribution in [0.5, 0.6) is 0 Å². The third-order valence-electron chi connectivity index (χ3n) is 6.01. The monoisotopic (exact) mass is 442 g/mol. The molecule has 1 unspecified atom stereocenters. The number of amides is 2. The lowest BCUT2D eigenvalue weighted by molar-refractivity contribution is 0.0984. The fraction of sp³-hybridized carbons (Fsp3) is 0.522. The van der Waals surface area contributed by atoms with Crippen LogP contribution in [-0.2, 0) is 17.7 Å². The molecule has 9 heteroatoms. The number of urea groups is 1. The van der Waals surface area contributed by atoms with Gasteiger partial charge in [0.2, 0.25) is 0 Å². The number of morpholine rings is 1. The van der Waals surface area contributed by atoms with Gasteiger partial charge in [-0.25, -0.2) is 19.2 Å². The maximum absolute atomic E-state index is 15.1. The molecule has 32 heavy (non-hydrogen) atoms. The molecule has 1 fully saturated rings. The number of anilines is 2. The fourth-order valence-electron chi connectivity index (χ4n) is 4.01. The van der Waals surface area contributed by atoms with Crippen LogP contribution in [0.4, 0.5) is 20.7 Å². The topological polar surface area (TPSA) is 91.4 Å². The zero-order valence-corrected chi connectivity index (χ0v) is 18.9. The summed E-state index contributed by atoms with van der Waals surface area (Å²) in [5.74, 6) is 0.752. The van der Waals surface area contributed by atoms with Gasteiger partial charge in [0, 0.05) is 30.4 Å². The van der Waals surface area contributed by atoms with E-state index in [1.54, 1.807) is 12.1 Å². The molecule has 3 N–H and O–H groups in total. The summed E-state index contributed by atoms with van der Waals surface area (Å²) in [6.45, 7) is 9.54. The Morgan fingerprint density at radius 1 is 1.41 bits per heavy atom. The van der Waals surface area contributed by atoms with E-state index in [2.05, 4.69) is 27.8 Å². The van der Waals surface area contributed by atoms with E-state index in [-0.39, 0.29) is 18.1 Å². The van der Waals surface area contributed by atoms with Crippen LogP contribution in [-0.4, -0.2) is 54.4 Å². The van der Waals surface area contributed by atoms with E-state index in [9.17, 15) is 4.79 Å². The summed E-state index contributed by atoms with van der Waals surface area (Å²) in [4.78, 5) is 23.8. The Morgan fingerprint density at radius 2 is 2.25 bits per heavy atom. The average Bonchev–Trinajstić information content (AvgIpc) is 2.78. The molecule has 8 nitrogen and oxygen atoms in total. The van der Waals surface area contributed by atoms with E-state index in [1.165, 1.54) is 6.07 Å². The van der Waals surface area contributed by atoms with Crippen molar-refractivity contribution in [2.45, 2.75) is 52.2 Å². The van der Waals surface area contributed by atoms with Crippen LogP contribution in [0.25, 0.3) is 11.4 Å². The van der Waals surface area contributed by atoms with E-state index >= 15 is 4.39 Å². The lowest BCUT2D eigenvalue weighted by atomic mass is 10.0. The molecule has 4 rings (SSSR count). The van der Waals surface area contributed by atoms with Gasteiger partial charge in [0.1, 0.15) is 11.6 Å². The normalized spacial score (nSPS) is 19.2. The molecule has 1 saturated heterocycles. The highest BCUT2D eigenvalue weighted by Crippen LogP contribution is 2.31. The third kappa shape index (κ3) is 4.83. The number of carbonyl (C=O) groups excluding carboxylic acids is 1. The zero-order valence-electron chi connectivity index (χ0n) is 18.9. The number of benzene rings is 1. The number of rotatable bonds is 5. The van der Waals surface area contributed by atoms with Crippen molar-refractivity contribution >= 4 is 17.5 Å². The molecule has 0 aliphatic carbocycles. The highest BCUT2D eigenvalue weighted by Gasteiger charge is 2.27. The highest BCUT2D eigenvalue weighted by molar-refractivity contribution is 5.89. The maximum atomic E-state index is 15.1. The van der Waals surface area contributed by atoms with Crippen molar-refractivity contribution < 1.29 is 13.9 Å². The number of nitrogens with one attached hydrogen (secondary N) is 3. The minimum Gasteiger partial charge on any atom is -0.377 e. The number of hydrogen-bond donors (Lipinski definition) is 3. The maximum Gasteiger partial charge on any atom is 0.319 e. The molecule has 1 aromatic heterocycles. The number of halogens is 1. The molecule has 2 aliphatic heterocycles. The second-order valence-electron chi connectivity index (χ2n) is 8.44. The van der Waals surface area contributed by atoms with Crippen molar-refractivity contribution in [1.29, 1.82) is 0 Å². The molecule has 1 aromatic carbocycles. The number of hydrogen-bond acceptors (Lipinski definition) is 6. The molecule has 0 bridgehead atoms. The van der Waals surface area contributed by atoms with Gasteiger partial charge < -0.3 is 25.6 Å². The predicted octanol–water partition coefficient (Wildman–Crippen LogP) is 3.07. The van der Waals surface area contributed by atoms with Crippen molar-refractivity contribution in [2.75, 3.05) is 36.5 Å². The molecule has 172 valence electrons. The molecule has 2 atom stereocenters. The number of aromatic nitrogens is 2. The van der Waals surface area contributed by atoms with E-state index in [0.29, 0.717) is 36.8 Å². The number of fused-ring (bicyclic) bond motifs is 1. The van der Waals surface area contributed by atoms with Gasteiger partial charge in [0.25, 0.3) is 0 Å². The van der Waals surface area contributed by atoms with Gasteiger partial charge in [-0.3, -0.25) is 0 Å². The van der Waals surface area contributed by atoms with Crippen LogP contribution < -0.4 is 20.9 Å². The van der Waals surface area contributed by atoms with Crippen molar-refractivity contribution in [3.63, 3.8) is 0 Å². The molecular weight excluding hydrogens is 411 g/mol. The van der Waals surface area contributed by atoms with Crippen molar-refractivity contribution in [1.82, 2.24) is 20.6 Å². The summed E-state index contributed by atoms with van der Waals surface area (Å²) in [6.07, 6.45) is 1.65. The molecule has 0 spiro atoms. The van der Waals surface area contributed by atoms with E-state index in [4.69, 9.17) is 14.7 Å². The summed E-state index contributed by atoms with van der Waals surface area (Å²) in [7, 11) is 0. The number of carbonyl (C=O) groups is 1. The minimum atomic E-state index is -0.476. The first-order chi connectivity index (χ1) is 15.5. The lowest BCUT2D eigenvalue weighted by Gasteiger charge is -2.36. The average molecular weight is 443 g/mol. The first kappa shape index (κ1) is 22.4. The summed E-state index contributed by atoms with van der Waals surface area (Å²) < 4.78 is 20.7. The standard InChI is InChI=1S/C23H31FN6O2/c1-4-14(2)26-23(31)27-16-5-6-17(19(24)11-16)21-28-20-12-25-8-7-18(20)22(29-21)30-9-10-32-13-15(30)3/h5-6,11,14-15,25H,4,7-10,12-13H2,1-3H3,(H2,26,27,31)/t14?,15-/m0/s1. The Kier molecular flexibility index (Phi) is 6.86. The van der Waals surface area contributed by atoms with Crippen LogP contribution >= 0.6 is 0 Å². The van der Waals surface area contributed by atoms with Gasteiger partial charge in [-0.2, -0.15) is 0 Å². The Balaban J connectivity index is 1.64. The Hall–Kier alpha value is -2.78. The van der Waals surface area contributed by atoms with Gasteiger partial charge in [0.05, 0.1) is 30.5 Å². The van der Waals surface area contributed by atoms with E-state index in [0.717, 1.165) is 43.0 Å². The number of nitrogens with zero attached hydrogens (tertiary/aromatic N) is 3. The Morgan fingerprint density at radius 3 is 3.00 bits per heavy atom. The second-order valence-corrected chi connectivity index (χ2v) is 8.44. The van der Waals surface area contributed by atoms with Crippen molar-refractivity contribution in [3.05, 3.63) is 35.3 Å². The Bertz CT molecular complexity index is 985. The molecular formula is C23H31FN6O2. The first-order valence-electron chi connectivity index (χ1n) is 11.3. The summed E-state index contributed by atoms with van der Waals surface area (Å²) in [5.41, 5.74) is 2.73. The van der Waals surface area contributed by atoms with Crippen molar-refractivity contribution in [3.8, 4) is 11.4 Å². The Labute approximate surface area is 188 Å². The second kappa shape index (κ2) is 9.79.